The fourth-order valence-electron chi connectivity index (χ4n) is 2.64. The Balaban J connectivity index is 1.55. The Morgan fingerprint density at radius 2 is 2.21 bits per heavy atom. The summed E-state index contributed by atoms with van der Waals surface area (Å²) >= 11 is 0. The zero-order valence-corrected chi connectivity index (χ0v) is 10.8. The molecule has 0 unspecified atom stereocenters. The number of rotatable bonds is 3. The van der Waals surface area contributed by atoms with E-state index in [-0.39, 0.29) is 6.03 Å². The van der Waals surface area contributed by atoms with E-state index in [2.05, 4.69) is 20.6 Å². The molecule has 1 saturated carbocycles. The summed E-state index contributed by atoms with van der Waals surface area (Å²) in [4.78, 5) is 19.0. The first-order valence-corrected chi connectivity index (χ1v) is 6.79. The van der Waals surface area contributed by atoms with Crippen LogP contribution in [0.2, 0.25) is 0 Å². The average Bonchev–Trinajstić information content (AvgIpc) is 3.07. The van der Waals surface area contributed by atoms with E-state index >= 15 is 0 Å². The van der Waals surface area contributed by atoms with Gasteiger partial charge in [-0.25, -0.2) is 9.78 Å². The Morgan fingerprint density at radius 1 is 1.37 bits per heavy atom. The predicted octanol–water partition coefficient (Wildman–Crippen LogP) is 2.87. The Bertz CT molecular complexity index is 572. The Morgan fingerprint density at radius 3 is 3.05 bits per heavy atom. The quantitative estimate of drug-likeness (QED) is 0.792. The number of nitrogens with zero attached hydrogens (tertiary/aromatic N) is 1. The number of aromatic amines is 1. The summed E-state index contributed by atoms with van der Waals surface area (Å²) in [6.45, 7) is 0.776. The monoisotopic (exact) mass is 258 g/mol. The third kappa shape index (κ3) is 2.86. The molecule has 5 heteroatoms. The number of carbonyl (C=O) groups excluding carboxylic acids is 1. The van der Waals surface area contributed by atoms with Gasteiger partial charge in [-0.15, -0.1) is 0 Å². The molecule has 1 aliphatic rings. The summed E-state index contributed by atoms with van der Waals surface area (Å²) in [5, 5.41) is 5.79. The van der Waals surface area contributed by atoms with Gasteiger partial charge in [-0.3, -0.25) is 0 Å². The first-order chi connectivity index (χ1) is 9.31. The number of anilines is 1. The first-order valence-electron chi connectivity index (χ1n) is 6.79. The average molecular weight is 258 g/mol. The van der Waals surface area contributed by atoms with Crippen LogP contribution in [0.25, 0.3) is 11.0 Å². The van der Waals surface area contributed by atoms with Crippen molar-refractivity contribution in [1.29, 1.82) is 0 Å². The molecule has 1 fully saturated rings. The van der Waals surface area contributed by atoms with Crippen molar-refractivity contribution in [2.24, 2.45) is 5.92 Å². The third-order valence-corrected chi connectivity index (χ3v) is 3.70. The van der Waals surface area contributed by atoms with Gasteiger partial charge >= 0.3 is 6.03 Å². The number of benzene rings is 1. The van der Waals surface area contributed by atoms with Gasteiger partial charge in [0.2, 0.25) is 0 Å². The molecule has 1 heterocycles. The topological polar surface area (TPSA) is 69.8 Å². The molecule has 3 rings (SSSR count). The van der Waals surface area contributed by atoms with E-state index in [9.17, 15) is 4.79 Å². The van der Waals surface area contributed by atoms with Crippen molar-refractivity contribution in [2.45, 2.75) is 25.7 Å². The molecule has 1 aliphatic carbocycles. The molecule has 2 amide bonds. The van der Waals surface area contributed by atoms with Gasteiger partial charge in [-0.1, -0.05) is 12.8 Å². The maximum absolute atomic E-state index is 11.8. The van der Waals surface area contributed by atoms with Crippen LogP contribution in [0.4, 0.5) is 10.5 Å². The Labute approximate surface area is 111 Å². The molecule has 19 heavy (non-hydrogen) atoms. The summed E-state index contributed by atoms with van der Waals surface area (Å²) in [5.41, 5.74) is 2.60. The van der Waals surface area contributed by atoms with Crippen molar-refractivity contribution < 1.29 is 4.79 Å². The number of urea groups is 1. The fraction of sp³-hybridized carbons (Fsp3) is 0.429. The predicted molar refractivity (Wildman–Crippen MR) is 75.1 cm³/mol. The SMILES string of the molecule is O=C(NCC1CCCC1)Nc1ccc2nc[nH]c2c1. The van der Waals surface area contributed by atoms with Crippen LogP contribution in [0.3, 0.4) is 0 Å². The molecule has 0 atom stereocenters. The molecule has 0 spiro atoms. The lowest BCUT2D eigenvalue weighted by Crippen LogP contribution is -2.32. The summed E-state index contributed by atoms with van der Waals surface area (Å²) in [6, 6.07) is 5.50. The standard InChI is InChI=1S/C14H18N4O/c19-14(15-8-10-3-1-2-4-10)18-11-5-6-12-13(7-11)17-9-16-12/h5-7,9-10H,1-4,8H2,(H,16,17)(H2,15,18,19). The number of amides is 2. The fourth-order valence-corrected chi connectivity index (χ4v) is 2.64. The minimum atomic E-state index is -0.134. The summed E-state index contributed by atoms with van der Waals surface area (Å²) in [6.07, 6.45) is 6.71. The normalized spacial score (nSPS) is 15.8. The molecule has 0 aliphatic heterocycles. The van der Waals surface area contributed by atoms with Gasteiger partial charge in [0.05, 0.1) is 17.4 Å². The third-order valence-electron chi connectivity index (χ3n) is 3.70. The van der Waals surface area contributed by atoms with Crippen molar-refractivity contribution in [3.05, 3.63) is 24.5 Å². The molecule has 2 aromatic rings. The zero-order valence-electron chi connectivity index (χ0n) is 10.8. The second kappa shape index (κ2) is 5.30. The molecule has 1 aromatic heterocycles. The van der Waals surface area contributed by atoms with Crippen molar-refractivity contribution in [3.63, 3.8) is 0 Å². The van der Waals surface area contributed by atoms with Gasteiger partial charge in [0.15, 0.2) is 0 Å². The van der Waals surface area contributed by atoms with Crippen LogP contribution in [0.5, 0.6) is 0 Å². The molecule has 5 nitrogen and oxygen atoms in total. The maximum Gasteiger partial charge on any atom is 0.319 e. The van der Waals surface area contributed by atoms with Crippen molar-refractivity contribution in [1.82, 2.24) is 15.3 Å². The van der Waals surface area contributed by atoms with Crippen molar-refractivity contribution in [2.75, 3.05) is 11.9 Å². The number of hydrogen-bond acceptors (Lipinski definition) is 2. The smallest absolute Gasteiger partial charge is 0.319 e. The van der Waals surface area contributed by atoms with Crippen LogP contribution >= 0.6 is 0 Å². The molecule has 0 radical (unpaired) electrons. The lowest BCUT2D eigenvalue weighted by molar-refractivity contribution is 0.250. The molecule has 3 N–H and O–H groups in total. The van der Waals surface area contributed by atoms with E-state index < -0.39 is 0 Å². The largest absolute Gasteiger partial charge is 0.345 e. The van der Waals surface area contributed by atoms with Crippen molar-refractivity contribution in [3.8, 4) is 0 Å². The second-order valence-corrected chi connectivity index (χ2v) is 5.12. The number of H-pyrrole nitrogens is 1. The highest BCUT2D eigenvalue weighted by atomic mass is 16.2. The van der Waals surface area contributed by atoms with Gasteiger partial charge < -0.3 is 15.6 Å². The number of aromatic nitrogens is 2. The lowest BCUT2D eigenvalue weighted by Gasteiger charge is -2.11. The molecule has 0 bridgehead atoms. The van der Waals surface area contributed by atoms with Crippen molar-refractivity contribution >= 4 is 22.8 Å². The summed E-state index contributed by atoms with van der Waals surface area (Å²) < 4.78 is 0. The van der Waals surface area contributed by atoms with Crippen LogP contribution in [0.1, 0.15) is 25.7 Å². The van der Waals surface area contributed by atoms with E-state index in [1.54, 1.807) is 6.33 Å². The number of carbonyl (C=O) groups is 1. The van der Waals surface area contributed by atoms with Gasteiger partial charge in [-0.05, 0) is 37.0 Å². The zero-order chi connectivity index (χ0) is 13.1. The Hall–Kier alpha value is -2.04. The number of imidazole rings is 1. The van der Waals surface area contributed by atoms with Gasteiger partial charge in [0.1, 0.15) is 0 Å². The van der Waals surface area contributed by atoms with Crippen LogP contribution in [-0.4, -0.2) is 22.5 Å². The Kier molecular flexibility index (Phi) is 3.35. The molecule has 0 saturated heterocycles. The second-order valence-electron chi connectivity index (χ2n) is 5.12. The number of hydrogen-bond donors (Lipinski definition) is 3. The van der Waals surface area contributed by atoms with E-state index in [0.29, 0.717) is 5.92 Å². The van der Waals surface area contributed by atoms with Crippen LogP contribution in [0, 0.1) is 5.92 Å². The van der Waals surface area contributed by atoms with E-state index in [1.807, 2.05) is 18.2 Å². The highest BCUT2D eigenvalue weighted by Gasteiger charge is 2.15. The van der Waals surface area contributed by atoms with Crippen LogP contribution in [0.15, 0.2) is 24.5 Å². The van der Waals surface area contributed by atoms with Gasteiger partial charge in [0.25, 0.3) is 0 Å². The highest BCUT2D eigenvalue weighted by molar-refractivity contribution is 5.91. The van der Waals surface area contributed by atoms with Gasteiger partial charge in [-0.2, -0.15) is 0 Å². The molecular weight excluding hydrogens is 240 g/mol. The molecule has 1 aromatic carbocycles. The van der Waals surface area contributed by atoms with E-state index in [1.165, 1.54) is 25.7 Å². The minimum Gasteiger partial charge on any atom is -0.345 e. The minimum absolute atomic E-state index is 0.134. The number of nitrogens with one attached hydrogen (secondary N) is 3. The van der Waals surface area contributed by atoms with E-state index in [4.69, 9.17) is 0 Å². The first kappa shape index (κ1) is 12.0. The number of fused-ring (bicyclic) bond motifs is 1. The van der Waals surface area contributed by atoms with Crippen LogP contribution in [-0.2, 0) is 0 Å². The summed E-state index contributed by atoms with van der Waals surface area (Å²) in [5.74, 6) is 0.654. The van der Waals surface area contributed by atoms with Crippen LogP contribution < -0.4 is 10.6 Å². The lowest BCUT2D eigenvalue weighted by atomic mass is 10.1. The van der Waals surface area contributed by atoms with E-state index in [0.717, 1.165) is 23.3 Å². The molecule has 100 valence electrons. The summed E-state index contributed by atoms with van der Waals surface area (Å²) in [7, 11) is 0. The molecular formula is C14H18N4O. The maximum atomic E-state index is 11.8. The van der Waals surface area contributed by atoms with Gasteiger partial charge in [0, 0.05) is 12.2 Å². The highest BCUT2D eigenvalue weighted by Crippen LogP contribution is 2.23.